The quantitative estimate of drug-likeness (QED) is 0.361. The molecule has 1 rings (SSSR count). The Hall–Kier alpha value is 1.18. The number of ether oxygens (including phenoxy) is 2. The van der Waals surface area contributed by atoms with Crippen molar-refractivity contribution in [2.24, 2.45) is 0 Å². The van der Waals surface area contributed by atoms with Crippen LogP contribution in [0.2, 0.25) is 0 Å². The Kier molecular flexibility index (Phi) is 7.11. The van der Waals surface area contributed by atoms with Crippen LogP contribution in [0.5, 0.6) is 0 Å². The van der Waals surface area contributed by atoms with E-state index in [4.69, 9.17) is 9.47 Å². The van der Waals surface area contributed by atoms with Gasteiger partial charge in [-0.15, -0.1) is 0 Å². The molecule has 1 fully saturated rings. The molecule has 0 amide bonds. The van der Waals surface area contributed by atoms with Gasteiger partial charge < -0.3 is 9.47 Å². The van der Waals surface area contributed by atoms with Crippen molar-refractivity contribution in [2.75, 3.05) is 25.7 Å². The van der Waals surface area contributed by atoms with Gasteiger partial charge in [0.25, 0.3) is 20.2 Å². The molecule has 0 spiro atoms. The third-order valence-electron chi connectivity index (χ3n) is 2.17. The normalized spacial score (nSPS) is 28.0. The summed E-state index contributed by atoms with van der Waals surface area (Å²) in [5.74, 6) is 0. The Balaban J connectivity index is 2.74. The van der Waals surface area contributed by atoms with E-state index in [-0.39, 0.29) is 13.2 Å². The van der Waals surface area contributed by atoms with Crippen molar-refractivity contribution < 1.29 is 34.7 Å². The molecule has 1 heterocycles. The summed E-state index contributed by atoms with van der Waals surface area (Å²) in [6.07, 6.45) is -0.714. The first-order valence-corrected chi connectivity index (χ1v) is 11.4. The Bertz CT molecular complexity index is 511. The van der Waals surface area contributed by atoms with Crippen molar-refractivity contribution in [1.29, 1.82) is 0 Å². The Labute approximate surface area is 148 Å². The fourth-order valence-corrected chi connectivity index (χ4v) is 2.76. The standard InChI is InChI=1S/C8H13Br3O8S2/c1-20(12,13)16-3-5-6(4-17-21(2,14)15)19-7(18-5)8(9,10)11/h5-7H,3-4H2,1-2H3. The van der Waals surface area contributed by atoms with Crippen molar-refractivity contribution in [3.8, 4) is 0 Å². The lowest BCUT2D eigenvalue weighted by atomic mass is 10.2. The first-order chi connectivity index (χ1) is 9.28. The van der Waals surface area contributed by atoms with E-state index < -0.39 is 40.9 Å². The Morgan fingerprint density at radius 1 is 0.905 bits per heavy atom. The summed E-state index contributed by atoms with van der Waals surface area (Å²) in [5.41, 5.74) is 0. The average Bonchev–Trinajstić information content (AvgIpc) is 2.64. The van der Waals surface area contributed by atoms with E-state index in [1.807, 2.05) is 0 Å². The van der Waals surface area contributed by atoms with Crippen molar-refractivity contribution in [3.05, 3.63) is 0 Å². The predicted molar refractivity (Wildman–Crippen MR) is 84.6 cm³/mol. The van der Waals surface area contributed by atoms with E-state index in [9.17, 15) is 16.8 Å². The van der Waals surface area contributed by atoms with Gasteiger partial charge in [0.2, 0.25) is 0 Å². The van der Waals surface area contributed by atoms with Gasteiger partial charge in [0.1, 0.15) is 12.2 Å². The molecule has 0 aliphatic carbocycles. The molecule has 2 atom stereocenters. The summed E-state index contributed by atoms with van der Waals surface area (Å²) in [7, 11) is -7.32. The second-order valence-corrected chi connectivity index (χ2v) is 14.4. The molecular weight excluding hydrogens is 528 g/mol. The third kappa shape index (κ3) is 8.01. The molecule has 2 unspecified atom stereocenters. The van der Waals surface area contributed by atoms with Crippen LogP contribution in [-0.2, 0) is 38.1 Å². The van der Waals surface area contributed by atoms with Crippen molar-refractivity contribution in [3.63, 3.8) is 0 Å². The van der Waals surface area contributed by atoms with Gasteiger partial charge in [0.15, 0.2) is 8.43 Å². The lowest BCUT2D eigenvalue weighted by molar-refractivity contribution is -0.0613. The van der Waals surface area contributed by atoms with E-state index in [0.717, 1.165) is 12.5 Å². The molecule has 126 valence electrons. The summed E-state index contributed by atoms with van der Waals surface area (Å²) >= 11 is 9.62. The van der Waals surface area contributed by atoms with Gasteiger partial charge in [0.05, 0.1) is 25.7 Å². The topological polar surface area (TPSA) is 105 Å². The van der Waals surface area contributed by atoms with Gasteiger partial charge in [-0.3, -0.25) is 8.37 Å². The largest absolute Gasteiger partial charge is 0.341 e. The van der Waals surface area contributed by atoms with Gasteiger partial charge in [-0.1, -0.05) is 47.8 Å². The van der Waals surface area contributed by atoms with Gasteiger partial charge in [-0.05, 0) is 0 Å². The molecule has 0 aromatic carbocycles. The van der Waals surface area contributed by atoms with Crippen LogP contribution in [0.25, 0.3) is 0 Å². The molecule has 13 heteroatoms. The lowest BCUT2D eigenvalue weighted by Crippen LogP contribution is -2.33. The highest BCUT2D eigenvalue weighted by molar-refractivity contribution is 9.39. The predicted octanol–water partition coefficient (Wildman–Crippen LogP) is 0.887. The first-order valence-electron chi connectivity index (χ1n) is 5.34. The molecule has 0 saturated carbocycles. The van der Waals surface area contributed by atoms with Gasteiger partial charge in [0, 0.05) is 0 Å². The van der Waals surface area contributed by atoms with Crippen LogP contribution in [0.4, 0.5) is 0 Å². The maximum absolute atomic E-state index is 11.0. The van der Waals surface area contributed by atoms with Crippen LogP contribution in [0.3, 0.4) is 0 Å². The smallest absolute Gasteiger partial charge is 0.264 e. The number of hydrogen-bond acceptors (Lipinski definition) is 8. The van der Waals surface area contributed by atoms with E-state index in [0.29, 0.717) is 0 Å². The third-order valence-corrected chi connectivity index (χ3v) is 4.42. The molecular formula is C8H13Br3O8S2. The molecule has 1 aliphatic rings. The molecule has 0 bridgehead atoms. The van der Waals surface area contributed by atoms with Crippen LogP contribution >= 0.6 is 47.8 Å². The zero-order valence-electron chi connectivity index (χ0n) is 10.9. The number of hydrogen-bond donors (Lipinski definition) is 0. The van der Waals surface area contributed by atoms with Gasteiger partial charge >= 0.3 is 0 Å². The molecule has 0 aromatic heterocycles. The number of alkyl halides is 3. The van der Waals surface area contributed by atoms with Crippen LogP contribution < -0.4 is 0 Å². The van der Waals surface area contributed by atoms with E-state index in [1.54, 1.807) is 0 Å². The molecule has 0 aromatic rings. The number of rotatable bonds is 6. The average molecular weight is 541 g/mol. The number of halogens is 3. The molecule has 1 saturated heterocycles. The van der Waals surface area contributed by atoms with Crippen molar-refractivity contribution >= 4 is 68.0 Å². The fourth-order valence-electron chi connectivity index (χ4n) is 1.35. The monoisotopic (exact) mass is 538 g/mol. The van der Waals surface area contributed by atoms with E-state index in [1.165, 1.54) is 0 Å². The van der Waals surface area contributed by atoms with E-state index in [2.05, 4.69) is 56.2 Å². The molecule has 21 heavy (non-hydrogen) atoms. The lowest BCUT2D eigenvalue weighted by Gasteiger charge is -2.19. The Morgan fingerprint density at radius 2 is 1.24 bits per heavy atom. The summed E-state index contributed by atoms with van der Waals surface area (Å²) in [6.45, 7) is -0.646. The van der Waals surface area contributed by atoms with Crippen LogP contribution in [0.1, 0.15) is 0 Å². The van der Waals surface area contributed by atoms with Crippen molar-refractivity contribution in [2.45, 2.75) is 20.6 Å². The minimum atomic E-state index is -3.66. The summed E-state index contributed by atoms with van der Waals surface area (Å²) in [5, 5.41) is 0. The highest BCUT2D eigenvalue weighted by Gasteiger charge is 2.46. The highest BCUT2D eigenvalue weighted by atomic mass is 80.0. The summed E-state index contributed by atoms with van der Waals surface area (Å²) in [6, 6.07) is 0. The second-order valence-electron chi connectivity index (χ2n) is 4.20. The first kappa shape index (κ1) is 20.2. The fraction of sp³-hybridized carbons (Fsp3) is 1.00. The molecule has 1 aliphatic heterocycles. The summed E-state index contributed by atoms with van der Waals surface area (Å²) in [4.78, 5) is 0. The van der Waals surface area contributed by atoms with Crippen LogP contribution in [0.15, 0.2) is 0 Å². The zero-order chi connectivity index (χ0) is 16.5. The molecule has 0 N–H and O–H groups in total. The van der Waals surface area contributed by atoms with E-state index >= 15 is 0 Å². The Morgan fingerprint density at radius 3 is 1.48 bits per heavy atom. The maximum Gasteiger partial charge on any atom is 0.264 e. The molecule has 0 radical (unpaired) electrons. The zero-order valence-corrected chi connectivity index (χ0v) is 17.3. The van der Waals surface area contributed by atoms with Crippen molar-refractivity contribution in [1.82, 2.24) is 0 Å². The minimum absolute atomic E-state index is 0.323. The highest BCUT2D eigenvalue weighted by Crippen LogP contribution is 2.43. The minimum Gasteiger partial charge on any atom is -0.341 e. The molecule has 8 nitrogen and oxygen atoms in total. The van der Waals surface area contributed by atoms with Crippen LogP contribution in [-0.4, -0.2) is 63.2 Å². The summed E-state index contributed by atoms with van der Waals surface area (Å²) < 4.78 is 63.4. The second kappa shape index (κ2) is 7.38. The SMILES string of the molecule is CS(=O)(=O)OCC1OC(C(Br)(Br)Br)OC1COS(C)(=O)=O. The van der Waals surface area contributed by atoms with Gasteiger partial charge in [-0.2, -0.15) is 16.8 Å². The van der Waals surface area contributed by atoms with Crippen LogP contribution in [0, 0.1) is 0 Å². The van der Waals surface area contributed by atoms with Gasteiger partial charge in [-0.25, -0.2) is 0 Å². The maximum atomic E-state index is 11.0.